The van der Waals surface area contributed by atoms with Crippen LogP contribution in [0.5, 0.6) is 0 Å². The predicted octanol–water partition coefficient (Wildman–Crippen LogP) is 4.31. The molecule has 2 aromatic carbocycles. The van der Waals surface area contributed by atoms with Crippen LogP contribution in [0.25, 0.3) is 0 Å². The Labute approximate surface area is 185 Å². The van der Waals surface area contributed by atoms with Gasteiger partial charge in [0.15, 0.2) is 0 Å². The summed E-state index contributed by atoms with van der Waals surface area (Å²) in [6.45, 7) is 2.00. The second-order valence-corrected chi connectivity index (χ2v) is 8.29. The summed E-state index contributed by atoms with van der Waals surface area (Å²) < 4.78 is 51.8. The zero-order chi connectivity index (χ0) is 22.6. The van der Waals surface area contributed by atoms with E-state index in [1.54, 1.807) is 0 Å². The van der Waals surface area contributed by atoms with Crippen molar-refractivity contribution in [1.29, 1.82) is 0 Å². The molecule has 174 valence electrons. The molecule has 0 aromatic heterocycles. The van der Waals surface area contributed by atoms with Crippen LogP contribution in [-0.2, 0) is 15.7 Å². The topological polar surface area (TPSA) is 62.8 Å². The van der Waals surface area contributed by atoms with Gasteiger partial charge in [-0.3, -0.25) is 0 Å². The van der Waals surface area contributed by atoms with Crippen LogP contribution in [0.15, 0.2) is 48.5 Å². The standard InChI is InChI=1S/C24H29F3N2O3/c25-24(26,27)17-6-9-21-20(14-17)23-19(22(29-21)16-4-2-1-3-5-16)8-7-18(32-23)15-28-10-12-31-13-11-30/h1-6,9,14,18-19,22-23,28-30H,7-8,10-13,15H2/t18?,19?,22-,23?/m0/s1. The number of halogens is 3. The lowest BCUT2D eigenvalue weighted by molar-refractivity contribution is -0.138. The summed E-state index contributed by atoms with van der Waals surface area (Å²) in [5, 5.41) is 15.5. The Balaban J connectivity index is 1.53. The van der Waals surface area contributed by atoms with Gasteiger partial charge in [-0.2, -0.15) is 13.2 Å². The van der Waals surface area contributed by atoms with Gasteiger partial charge in [-0.1, -0.05) is 30.3 Å². The Bertz CT molecular complexity index is 879. The molecule has 2 aromatic rings. The van der Waals surface area contributed by atoms with E-state index in [-0.39, 0.29) is 24.7 Å². The van der Waals surface area contributed by atoms with Crippen molar-refractivity contribution in [3.05, 3.63) is 65.2 Å². The van der Waals surface area contributed by atoms with Gasteiger partial charge in [0.05, 0.1) is 43.6 Å². The summed E-state index contributed by atoms with van der Waals surface area (Å²) >= 11 is 0. The van der Waals surface area contributed by atoms with E-state index in [0.717, 1.165) is 24.5 Å². The maximum absolute atomic E-state index is 13.4. The van der Waals surface area contributed by atoms with E-state index in [2.05, 4.69) is 10.6 Å². The molecule has 0 bridgehead atoms. The van der Waals surface area contributed by atoms with Crippen LogP contribution < -0.4 is 10.6 Å². The SMILES string of the molecule is OCCOCCNCC1CCC2C(O1)c1cc(C(F)(F)F)ccc1N[C@H]2c1ccccc1. The summed E-state index contributed by atoms with van der Waals surface area (Å²) in [6, 6.07) is 13.9. The molecular weight excluding hydrogens is 421 g/mol. The Morgan fingerprint density at radius 1 is 1.09 bits per heavy atom. The first-order valence-corrected chi connectivity index (χ1v) is 11.0. The lowest BCUT2D eigenvalue weighted by Crippen LogP contribution is -2.42. The number of ether oxygens (including phenoxy) is 2. The molecule has 1 fully saturated rings. The molecule has 2 aliphatic heterocycles. The van der Waals surface area contributed by atoms with Gasteiger partial charge in [0.2, 0.25) is 0 Å². The highest BCUT2D eigenvalue weighted by atomic mass is 19.4. The Morgan fingerprint density at radius 2 is 1.91 bits per heavy atom. The van der Waals surface area contributed by atoms with Crippen LogP contribution in [0.3, 0.4) is 0 Å². The van der Waals surface area contributed by atoms with Gasteiger partial charge >= 0.3 is 6.18 Å². The first kappa shape index (κ1) is 23.0. The Kier molecular flexibility index (Phi) is 7.35. The highest BCUT2D eigenvalue weighted by Gasteiger charge is 2.43. The van der Waals surface area contributed by atoms with Crippen LogP contribution in [-0.4, -0.2) is 44.1 Å². The van der Waals surface area contributed by atoms with Crippen molar-refractivity contribution in [3.63, 3.8) is 0 Å². The molecule has 3 unspecified atom stereocenters. The zero-order valence-electron chi connectivity index (χ0n) is 17.8. The van der Waals surface area contributed by atoms with Gasteiger partial charge in [0.1, 0.15) is 0 Å². The van der Waals surface area contributed by atoms with Gasteiger partial charge in [0.25, 0.3) is 0 Å². The first-order valence-electron chi connectivity index (χ1n) is 11.0. The van der Waals surface area contributed by atoms with E-state index in [0.29, 0.717) is 37.6 Å². The maximum atomic E-state index is 13.4. The highest BCUT2D eigenvalue weighted by molar-refractivity contribution is 5.58. The van der Waals surface area contributed by atoms with Crippen LogP contribution in [0.4, 0.5) is 18.9 Å². The molecule has 0 amide bonds. The largest absolute Gasteiger partial charge is 0.416 e. The van der Waals surface area contributed by atoms with Gasteiger partial charge in [-0.15, -0.1) is 0 Å². The summed E-state index contributed by atoms with van der Waals surface area (Å²) in [7, 11) is 0. The molecular formula is C24H29F3N2O3. The molecule has 32 heavy (non-hydrogen) atoms. The predicted molar refractivity (Wildman–Crippen MR) is 115 cm³/mol. The quantitative estimate of drug-likeness (QED) is 0.524. The number of anilines is 1. The molecule has 0 aliphatic carbocycles. The van der Waals surface area contributed by atoms with E-state index >= 15 is 0 Å². The number of nitrogens with one attached hydrogen (secondary N) is 2. The maximum Gasteiger partial charge on any atom is 0.416 e. The van der Waals surface area contributed by atoms with Crippen LogP contribution in [0.2, 0.25) is 0 Å². The van der Waals surface area contributed by atoms with Gasteiger partial charge in [0, 0.05) is 30.3 Å². The average Bonchev–Trinajstić information content (AvgIpc) is 2.80. The molecule has 0 spiro atoms. The number of aliphatic hydroxyl groups is 1. The van der Waals surface area contributed by atoms with Crippen molar-refractivity contribution in [1.82, 2.24) is 5.32 Å². The number of alkyl halides is 3. The normalized spacial score (nSPS) is 25.0. The molecule has 8 heteroatoms. The molecule has 2 heterocycles. The second kappa shape index (κ2) is 10.2. The average molecular weight is 451 g/mol. The lowest BCUT2D eigenvalue weighted by atomic mass is 9.76. The van der Waals surface area contributed by atoms with Crippen LogP contribution >= 0.6 is 0 Å². The van der Waals surface area contributed by atoms with Crippen molar-refractivity contribution < 1.29 is 27.8 Å². The number of hydrogen-bond acceptors (Lipinski definition) is 5. The number of hydrogen-bond donors (Lipinski definition) is 3. The smallest absolute Gasteiger partial charge is 0.394 e. The fraction of sp³-hybridized carbons (Fsp3) is 0.500. The molecule has 3 N–H and O–H groups in total. The van der Waals surface area contributed by atoms with Gasteiger partial charge < -0.3 is 25.2 Å². The Hall–Kier alpha value is -2.13. The van der Waals surface area contributed by atoms with E-state index in [1.165, 1.54) is 12.1 Å². The highest BCUT2D eigenvalue weighted by Crippen LogP contribution is 2.51. The van der Waals surface area contributed by atoms with Crippen molar-refractivity contribution in [2.45, 2.75) is 37.3 Å². The fourth-order valence-corrected chi connectivity index (χ4v) is 4.65. The van der Waals surface area contributed by atoms with Crippen molar-refractivity contribution in [2.24, 2.45) is 5.92 Å². The van der Waals surface area contributed by atoms with E-state index in [4.69, 9.17) is 14.6 Å². The third-order valence-corrected chi connectivity index (χ3v) is 6.16. The van der Waals surface area contributed by atoms with Crippen LogP contribution in [0.1, 0.15) is 41.7 Å². The summed E-state index contributed by atoms with van der Waals surface area (Å²) in [4.78, 5) is 0. The number of rotatable bonds is 8. The minimum atomic E-state index is -4.40. The molecule has 4 rings (SSSR count). The molecule has 0 saturated carbocycles. The van der Waals surface area contributed by atoms with Crippen molar-refractivity contribution in [2.75, 3.05) is 38.2 Å². The number of fused-ring (bicyclic) bond motifs is 3. The van der Waals surface area contributed by atoms with E-state index < -0.39 is 17.8 Å². The molecule has 5 nitrogen and oxygen atoms in total. The number of aliphatic hydroxyl groups excluding tert-OH is 1. The van der Waals surface area contributed by atoms with Gasteiger partial charge in [-0.25, -0.2) is 0 Å². The Morgan fingerprint density at radius 3 is 2.66 bits per heavy atom. The molecule has 1 saturated heterocycles. The van der Waals surface area contributed by atoms with Crippen molar-refractivity contribution in [3.8, 4) is 0 Å². The summed E-state index contributed by atoms with van der Waals surface area (Å²) in [5.74, 6) is 0.0394. The minimum absolute atomic E-state index is 0.00918. The lowest BCUT2D eigenvalue weighted by Gasteiger charge is -2.46. The molecule has 2 aliphatic rings. The van der Waals surface area contributed by atoms with E-state index in [1.807, 2.05) is 30.3 Å². The monoisotopic (exact) mass is 450 g/mol. The van der Waals surface area contributed by atoms with Crippen LogP contribution in [0, 0.1) is 5.92 Å². The number of benzene rings is 2. The third kappa shape index (κ3) is 5.26. The van der Waals surface area contributed by atoms with Crippen molar-refractivity contribution >= 4 is 5.69 Å². The molecule has 4 atom stereocenters. The zero-order valence-corrected chi connectivity index (χ0v) is 17.8. The molecule has 0 radical (unpaired) electrons. The fourth-order valence-electron chi connectivity index (χ4n) is 4.65. The summed E-state index contributed by atoms with van der Waals surface area (Å²) in [5.41, 5.74) is 1.72. The first-order chi connectivity index (χ1) is 15.5. The third-order valence-electron chi connectivity index (χ3n) is 6.16. The second-order valence-electron chi connectivity index (χ2n) is 8.29. The summed E-state index contributed by atoms with van der Waals surface area (Å²) in [6.07, 6.45) is -3.23. The van der Waals surface area contributed by atoms with E-state index in [9.17, 15) is 13.2 Å². The minimum Gasteiger partial charge on any atom is -0.394 e. The van der Waals surface area contributed by atoms with Gasteiger partial charge in [-0.05, 0) is 36.6 Å².